The molecule has 1 heterocycles. The molecule has 10 heteroatoms. The molecule has 0 bridgehead atoms. The molecule has 3 aromatic carbocycles. The molecular formula is C27H27N7O3. The van der Waals surface area contributed by atoms with Crippen LogP contribution in [0.1, 0.15) is 11.1 Å². The monoisotopic (exact) mass is 497 g/mol. The van der Waals surface area contributed by atoms with Crippen molar-refractivity contribution in [3.63, 3.8) is 0 Å². The first-order valence-electron chi connectivity index (χ1n) is 11.3. The molecule has 4 rings (SSSR count). The van der Waals surface area contributed by atoms with Gasteiger partial charge in [0.05, 0.1) is 39.4 Å². The van der Waals surface area contributed by atoms with Crippen LogP contribution in [0.2, 0.25) is 0 Å². The molecule has 0 spiro atoms. The summed E-state index contributed by atoms with van der Waals surface area (Å²) < 4.78 is 16.0. The number of methoxy groups -OCH3 is 3. The molecular weight excluding hydrogens is 470 g/mol. The van der Waals surface area contributed by atoms with Gasteiger partial charge in [0.15, 0.2) is 5.82 Å². The van der Waals surface area contributed by atoms with Crippen molar-refractivity contribution in [2.45, 2.75) is 0 Å². The SMILES string of the molecule is COc1cccc(C=NNc2cc(Nc3ccccc3OC)nc(NN=Cc3cccc(OC)c3)n2)c1. The van der Waals surface area contributed by atoms with Crippen LogP contribution in [0.4, 0.5) is 23.3 Å². The quantitative estimate of drug-likeness (QED) is 0.193. The Labute approximate surface area is 215 Å². The van der Waals surface area contributed by atoms with E-state index < -0.39 is 0 Å². The Bertz CT molecular complexity index is 1310. The van der Waals surface area contributed by atoms with E-state index in [4.69, 9.17) is 14.2 Å². The zero-order valence-corrected chi connectivity index (χ0v) is 20.7. The molecule has 0 aliphatic rings. The number of nitrogens with one attached hydrogen (secondary N) is 3. The van der Waals surface area contributed by atoms with Crippen LogP contribution in [0, 0.1) is 0 Å². The van der Waals surface area contributed by atoms with Gasteiger partial charge in [0.1, 0.15) is 23.1 Å². The van der Waals surface area contributed by atoms with E-state index in [1.165, 1.54) is 0 Å². The molecule has 0 unspecified atom stereocenters. The van der Waals surface area contributed by atoms with E-state index in [0.717, 1.165) is 28.3 Å². The molecule has 0 saturated heterocycles. The van der Waals surface area contributed by atoms with Crippen LogP contribution in [0.5, 0.6) is 17.2 Å². The minimum Gasteiger partial charge on any atom is -0.497 e. The van der Waals surface area contributed by atoms with Gasteiger partial charge in [-0.1, -0.05) is 36.4 Å². The number of aromatic nitrogens is 2. The van der Waals surface area contributed by atoms with Crippen molar-refractivity contribution in [2.75, 3.05) is 37.5 Å². The highest BCUT2D eigenvalue weighted by molar-refractivity contribution is 5.81. The predicted molar refractivity (Wildman–Crippen MR) is 147 cm³/mol. The number of hydrogen-bond acceptors (Lipinski definition) is 10. The van der Waals surface area contributed by atoms with Crippen molar-refractivity contribution in [1.82, 2.24) is 9.97 Å². The summed E-state index contributed by atoms with van der Waals surface area (Å²) in [6.45, 7) is 0. The van der Waals surface area contributed by atoms with Crippen molar-refractivity contribution >= 4 is 35.7 Å². The van der Waals surface area contributed by atoms with Crippen molar-refractivity contribution in [2.24, 2.45) is 10.2 Å². The van der Waals surface area contributed by atoms with Gasteiger partial charge in [-0.2, -0.15) is 20.2 Å². The minimum absolute atomic E-state index is 0.262. The summed E-state index contributed by atoms with van der Waals surface area (Å²) in [5.41, 5.74) is 8.30. The van der Waals surface area contributed by atoms with Gasteiger partial charge in [-0.05, 0) is 47.5 Å². The Morgan fingerprint density at radius 1 is 0.649 bits per heavy atom. The fourth-order valence-electron chi connectivity index (χ4n) is 3.29. The average molecular weight is 498 g/mol. The van der Waals surface area contributed by atoms with Crippen LogP contribution in [-0.4, -0.2) is 43.7 Å². The number of para-hydroxylation sites is 2. The maximum Gasteiger partial charge on any atom is 0.247 e. The number of anilines is 4. The summed E-state index contributed by atoms with van der Waals surface area (Å²) in [5.74, 6) is 3.39. The average Bonchev–Trinajstić information content (AvgIpc) is 2.93. The molecule has 10 nitrogen and oxygen atoms in total. The second kappa shape index (κ2) is 12.5. The van der Waals surface area contributed by atoms with E-state index in [9.17, 15) is 0 Å². The van der Waals surface area contributed by atoms with Crippen molar-refractivity contribution < 1.29 is 14.2 Å². The third kappa shape index (κ3) is 7.18. The smallest absolute Gasteiger partial charge is 0.247 e. The minimum atomic E-state index is 0.262. The highest BCUT2D eigenvalue weighted by Gasteiger charge is 2.08. The van der Waals surface area contributed by atoms with Gasteiger partial charge >= 0.3 is 0 Å². The van der Waals surface area contributed by atoms with Crippen molar-refractivity contribution in [1.29, 1.82) is 0 Å². The largest absolute Gasteiger partial charge is 0.497 e. The first-order chi connectivity index (χ1) is 18.2. The normalized spacial score (nSPS) is 10.9. The van der Waals surface area contributed by atoms with Gasteiger partial charge in [0.2, 0.25) is 5.95 Å². The van der Waals surface area contributed by atoms with Gasteiger partial charge in [-0.25, -0.2) is 5.43 Å². The van der Waals surface area contributed by atoms with E-state index in [1.807, 2.05) is 72.8 Å². The maximum atomic E-state index is 5.44. The lowest BCUT2D eigenvalue weighted by Gasteiger charge is -2.12. The Balaban J connectivity index is 1.56. The van der Waals surface area contributed by atoms with Gasteiger partial charge in [0, 0.05) is 6.07 Å². The van der Waals surface area contributed by atoms with Crippen molar-refractivity contribution in [3.05, 3.63) is 90.0 Å². The van der Waals surface area contributed by atoms with Gasteiger partial charge in [-0.15, -0.1) is 0 Å². The van der Waals surface area contributed by atoms with E-state index >= 15 is 0 Å². The lowest BCUT2D eigenvalue weighted by atomic mass is 10.2. The highest BCUT2D eigenvalue weighted by Crippen LogP contribution is 2.27. The van der Waals surface area contributed by atoms with Gasteiger partial charge in [-0.3, -0.25) is 5.43 Å². The molecule has 0 amide bonds. The highest BCUT2D eigenvalue weighted by atomic mass is 16.5. The number of hydrogen-bond donors (Lipinski definition) is 3. The summed E-state index contributed by atoms with van der Waals surface area (Å²) >= 11 is 0. The Morgan fingerprint density at radius 2 is 1.27 bits per heavy atom. The van der Waals surface area contributed by atoms with Crippen molar-refractivity contribution in [3.8, 4) is 17.2 Å². The van der Waals surface area contributed by atoms with Crippen LogP contribution < -0.4 is 30.4 Å². The molecule has 0 atom stereocenters. The molecule has 1 aromatic heterocycles. The number of rotatable bonds is 11. The molecule has 0 fully saturated rings. The molecule has 0 aliphatic carbocycles. The van der Waals surface area contributed by atoms with Crippen LogP contribution in [-0.2, 0) is 0 Å². The number of ether oxygens (including phenoxy) is 3. The number of nitrogens with zero attached hydrogens (tertiary/aromatic N) is 4. The topological polar surface area (TPSA) is 114 Å². The third-order valence-electron chi connectivity index (χ3n) is 5.05. The molecule has 3 N–H and O–H groups in total. The second-order valence-corrected chi connectivity index (χ2v) is 7.58. The second-order valence-electron chi connectivity index (χ2n) is 7.58. The molecule has 0 radical (unpaired) electrons. The molecule has 0 saturated carbocycles. The summed E-state index contributed by atoms with van der Waals surface area (Å²) in [6.07, 6.45) is 3.33. The summed E-state index contributed by atoms with van der Waals surface area (Å²) in [7, 11) is 4.85. The first-order valence-corrected chi connectivity index (χ1v) is 11.3. The standard InChI is InChI=1S/C27H27N7O3/c1-35-21-10-6-8-19(14-21)17-28-33-26-16-25(30-23-12-4-5-13-24(23)37-3)31-27(32-26)34-29-18-20-9-7-11-22(15-20)36-2/h4-18H,1-3H3,(H3,30,31,32,33,34). The van der Waals surface area contributed by atoms with Crippen LogP contribution in [0.25, 0.3) is 0 Å². The number of benzene rings is 3. The summed E-state index contributed by atoms with van der Waals surface area (Å²) in [5, 5.41) is 11.8. The van der Waals surface area contributed by atoms with Gasteiger partial charge in [0.25, 0.3) is 0 Å². The van der Waals surface area contributed by atoms with E-state index in [1.54, 1.807) is 39.8 Å². The predicted octanol–water partition coefficient (Wildman–Crippen LogP) is 5.14. The Kier molecular flexibility index (Phi) is 8.47. The third-order valence-corrected chi connectivity index (χ3v) is 5.05. The van der Waals surface area contributed by atoms with Gasteiger partial charge < -0.3 is 19.5 Å². The van der Waals surface area contributed by atoms with Crippen LogP contribution in [0.3, 0.4) is 0 Å². The van der Waals surface area contributed by atoms with E-state index in [-0.39, 0.29) is 5.95 Å². The Hall–Kier alpha value is -5.12. The fourth-order valence-corrected chi connectivity index (χ4v) is 3.29. The lowest BCUT2D eigenvalue weighted by molar-refractivity contribution is 0.414. The number of hydrazone groups is 2. The Morgan fingerprint density at radius 3 is 1.92 bits per heavy atom. The zero-order chi connectivity index (χ0) is 25.9. The molecule has 37 heavy (non-hydrogen) atoms. The zero-order valence-electron chi connectivity index (χ0n) is 20.7. The van der Waals surface area contributed by atoms with E-state index in [0.29, 0.717) is 17.4 Å². The van der Waals surface area contributed by atoms with Crippen LogP contribution >= 0.6 is 0 Å². The summed E-state index contributed by atoms with van der Waals surface area (Å²) in [6, 6.07) is 24.4. The lowest BCUT2D eigenvalue weighted by Crippen LogP contribution is -2.04. The summed E-state index contributed by atoms with van der Waals surface area (Å²) in [4.78, 5) is 8.99. The fraction of sp³-hybridized carbons (Fsp3) is 0.111. The first kappa shape index (κ1) is 25.0. The molecule has 4 aromatic rings. The molecule has 188 valence electrons. The van der Waals surface area contributed by atoms with E-state index in [2.05, 4.69) is 36.3 Å². The maximum absolute atomic E-state index is 5.44. The van der Waals surface area contributed by atoms with Crippen LogP contribution in [0.15, 0.2) is 89.1 Å². The molecule has 0 aliphatic heterocycles.